The van der Waals surface area contributed by atoms with Gasteiger partial charge in [-0.3, -0.25) is 0 Å². The van der Waals surface area contributed by atoms with Gasteiger partial charge in [0.15, 0.2) is 0 Å². The van der Waals surface area contributed by atoms with Gasteiger partial charge in [-0.2, -0.15) is 0 Å². The molecule has 0 heterocycles. The Morgan fingerprint density at radius 2 is 1.34 bits per heavy atom. The quantitative estimate of drug-likeness (QED) is 0.446. The van der Waals surface area contributed by atoms with Crippen molar-refractivity contribution in [1.82, 2.24) is 0 Å². The van der Waals surface area contributed by atoms with Crippen LogP contribution in [0.15, 0.2) is 66.7 Å². The highest BCUT2D eigenvalue weighted by Gasteiger charge is 2.36. The molecule has 3 aliphatic carbocycles. The predicted octanol–water partition coefficient (Wildman–Crippen LogP) is 8.67. The summed E-state index contributed by atoms with van der Waals surface area (Å²) in [5.41, 5.74) is 9.57. The maximum absolute atomic E-state index is 3.67. The van der Waals surface area contributed by atoms with Crippen molar-refractivity contribution in [1.29, 1.82) is 0 Å². The van der Waals surface area contributed by atoms with Crippen molar-refractivity contribution in [2.75, 3.05) is 5.32 Å². The number of fused-ring (bicyclic) bond motifs is 5. The third-order valence-electron chi connectivity index (χ3n) is 8.63. The van der Waals surface area contributed by atoms with Crippen LogP contribution >= 0.6 is 0 Å². The van der Waals surface area contributed by atoms with Crippen LogP contribution in [0.5, 0.6) is 0 Å². The van der Waals surface area contributed by atoms with Crippen LogP contribution in [0.4, 0.5) is 11.4 Å². The standard InChI is InChI=1S/C31H35N/c1-20-14-21-16-22(15-20)18-24(17-21)23-8-10-25(11-9-23)32-26-12-13-28-27-6-4-5-7-29(27)31(2,3)30(28)19-26/h4-13,19-22,24,32H,14-18H2,1-3H3. The van der Waals surface area contributed by atoms with Crippen molar-refractivity contribution in [2.24, 2.45) is 17.8 Å². The molecule has 2 saturated carbocycles. The highest BCUT2D eigenvalue weighted by Crippen LogP contribution is 2.50. The molecular weight excluding hydrogens is 386 g/mol. The summed E-state index contributed by atoms with van der Waals surface area (Å²) in [7, 11) is 0. The molecular formula is C31H35N. The zero-order valence-corrected chi connectivity index (χ0v) is 19.7. The van der Waals surface area contributed by atoms with E-state index in [2.05, 4.69) is 92.8 Å². The first kappa shape index (κ1) is 20.1. The minimum Gasteiger partial charge on any atom is -0.356 e. The summed E-state index contributed by atoms with van der Waals surface area (Å²) in [5.74, 6) is 3.62. The molecule has 0 aliphatic heterocycles. The number of rotatable bonds is 3. The summed E-state index contributed by atoms with van der Waals surface area (Å²) >= 11 is 0. The SMILES string of the molecule is CC1CC2CC(C1)CC(c1ccc(Nc3ccc4c(c3)C(C)(C)c3ccccc3-4)cc1)C2. The van der Waals surface area contributed by atoms with Crippen LogP contribution in [-0.4, -0.2) is 0 Å². The van der Waals surface area contributed by atoms with Crippen molar-refractivity contribution in [3.8, 4) is 11.1 Å². The minimum atomic E-state index is 0.0457. The molecule has 6 rings (SSSR count). The molecule has 0 aromatic heterocycles. The molecule has 32 heavy (non-hydrogen) atoms. The second-order valence-corrected chi connectivity index (χ2v) is 11.4. The van der Waals surface area contributed by atoms with Crippen molar-refractivity contribution >= 4 is 11.4 Å². The average molecular weight is 422 g/mol. The second-order valence-electron chi connectivity index (χ2n) is 11.4. The number of nitrogens with one attached hydrogen (secondary N) is 1. The van der Waals surface area contributed by atoms with Crippen molar-refractivity contribution < 1.29 is 0 Å². The Balaban J connectivity index is 1.20. The molecule has 164 valence electrons. The van der Waals surface area contributed by atoms with Gasteiger partial charge in [0.05, 0.1) is 0 Å². The first-order valence-corrected chi connectivity index (χ1v) is 12.6. The van der Waals surface area contributed by atoms with E-state index in [-0.39, 0.29) is 5.41 Å². The normalized spacial score (nSPS) is 27.5. The highest BCUT2D eigenvalue weighted by molar-refractivity contribution is 5.82. The van der Waals surface area contributed by atoms with E-state index in [0.29, 0.717) is 0 Å². The molecule has 3 aromatic rings. The number of hydrogen-bond donors (Lipinski definition) is 1. The van der Waals surface area contributed by atoms with E-state index in [1.54, 1.807) is 5.56 Å². The average Bonchev–Trinajstić information content (AvgIpc) is 3.00. The van der Waals surface area contributed by atoms with Crippen LogP contribution in [0.2, 0.25) is 0 Å². The Hall–Kier alpha value is -2.54. The Morgan fingerprint density at radius 1 is 0.688 bits per heavy atom. The Labute approximate surface area is 193 Å². The fourth-order valence-corrected chi connectivity index (χ4v) is 7.24. The summed E-state index contributed by atoms with van der Waals surface area (Å²) < 4.78 is 0. The molecule has 1 N–H and O–H groups in total. The lowest BCUT2D eigenvalue weighted by atomic mass is 9.64. The van der Waals surface area contributed by atoms with Crippen LogP contribution in [0.1, 0.15) is 75.5 Å². The number of hydrogen-bond acceptors (Lipinski definition) is 1. The molecule has 0 radical (unpaired) electrons. The maximum Gasteiger partial charge on any atom is 0.0387 e. The van der Waals surface area contributed by atoms with Crippen molar-refractivity contribution in [3.05, 3.63) is 83.4 Å². The van der Waals surface area contributed by atoms with Gasteiger partial charge in [-0.1, -0.05) is 63.2 Å². The van der Waals surface area contributed by atoms with E-state index in [1.165, 1.54) is 65.7 Å². The lowest BCUT2D eigenvalue weighted by Crippen LogP contribution is -2.29. The molecule has 2 fully saturated rings. The molecule has 2 unspecified atom stereocenters. The van der Waals surface area contributed by atoms with E-state index in [0.717, 1.165) is 23.7 Å². The van der Waals surface area contributed by atoms with E-state index in [9.17, 15) is 0 Å². The zero-order chi connectivity index (χ0) is 21.9. The smallest absolute Gasteiger partial charge is 0.0387 e. The summed E-state index contributed by atoms with van der Waals surface area (Å²) in [6.07, 6.45) is 7.18. The number of anilines is 2. The first-order valence-electron chi connectivity index (χ1n) is 12.6. The lowest BCUT2D eigenvalue weighted by Gasteiger charge is -2.42. The van der Waals surface area contributed by atoms with Gasteiger partial charge in [0.25, 0.3) is 0 Å². The molecule has 2 atom stereocenters. The molecule has 0 spiro atoms. The second kappa shape index (κ2) is 7.51. The predicted molar refractivity (Wildman–Crippen MR) is 136 cm³/mol. The van der Waals surface area contributed by atoms with E-state index >= 15 is 0 Å². The zero-order valence-electron chi connectivity index (χ0n) is 19.7. The van der Waals surface area contributed by atoms with Crippen molar-refractivity contribution in [3.63, 3.8) is 0 Å². The van der Waals surface area contributed by atoms with Gasteiger partial charge in [0.2, 0.25) is 0 Å². The monoisotopic (exact) mass is 421 g/mol. The van der Waals surface area contributed by atoms with E-state index in [1.807, 2.05) is 0 Å². The third kappa shape index (κ3) is 3.38. The van der Waals surface area contributed by atoms with Gasteiger partial charge >= 0.3 is 0 Å². The first-order chi connectivity index (χ1) is 15.5. The van der Waals surface area contributed by atoms with Gasteiger partial charge < -0.3 is 5.32 Å². The molecule has 3 aliphatic rings. The van der Waals surface area contributed by atoms with Gasteiger partial charge in [0.1, 0.15) is 0 Å². The largest absolute Gasteiger partial charge is 0.356 e. The maximum atomic E-state index is 3.67. The lowest BCUT2D eigenvalue weighted by molar-refractivity contribution is 0.130. The van der Waals surface area contributed by atoms with Gasteiger partial charge in [-0.05, 0) is 108 Å². The summed E-state index contributed by atoms with van der Waals surface area (Å²) in [5, 5.41) is 3.67. The Bertz CT molecular complexity index is 1120. The summed E-state index contributed by atoms with van der Waals surface area (Å²) in [6, 6.07) is 25.1. The van der Waals surface area contributed by atoms with Crippen LogP contribution in [0, 0.1) is 17.8 Å². The Kier molecular flexibility index (Phi) is 4.72. The van der Waals surface area contributed by atoms with Crippen LogP contribution in [0.3, 0.4) is 0 Å². The van der Waals surface area contributed by atoms with Gasteiger partial charge in [-0.15, -0.1) is 0 Å². The molecule has 1 nitrogen and oxygen atoms in total. The fourth-order valence-electron chi connectivity index (χ4n) is 7.24. The summed E-state index contributed by atoms with van der Waals surface area (Å²) in [6.45, 7) is 7.14. The summed E-state index contributed by atoms with van der Waals surface area (Å²) in [4.78, 5) is 0. The molecule has 0 saturated heterocycles. The highest BCUT2D eigenvalue weighted by atomic mass is 14.9. The van der Waals surface area contributed by atoms with Crippen molar-refractivity contribution in [2.45, 2.75) is 64.2 Å². The van der Waals surface area contributed by atoms with Gasteiger partial charge in [0, 0.05) is 16.8 Å². The number of benzene rings is 3. The third-order valence-corrected chi connectivity index (χ3v) is 8.63. The van der Waals surface area contributed by atoms with Gasteiger partial charge in [-0.25, -0.2) is 0 Å². The molecule has 3 aromatic carbocycles. The topological polar surface area (TPSA) is 12.0 Å². The van der Waals surface area contributed by atoms with E-state index in [4.69, 9.17) is 0 Å². The fraction of sp³-hybridized carbons (Fsp3) is 0.419. The van der Waals surface area contributed by atoms with Crippen LogP contribution in [0.25, 0.3) is 11.1 Å². The Morgan fingerprint density at radius 3 is 2.09 bits per heavy atom. The molecule has 1 heteroatoms. The van der Waals surface area contributed by atoms with Crippen LogP contribution < -0.4 is 5.32 Å². The molecule has 0 amide bonds. The minimum absolute atomic E-state index is 0.0457. The van der Waals surface area contributed by atoms with Crippen LogP contribution in [-0.2, 0) is 5.41 Å². The molecule has 2 bridgehead atoms. The van der Waals surface area contributed by atoms with E-state index < -0.39 is 0 Å².